The van der Waals surface area contributed by atoms with Gasteiger partial charge in [-0.25, -0.2) is 0 Å². The molecule has 0 bridgehead atoms. The van der Waals surface area contributed by atoms with Gasteiger partial charge in [0.15, 0.2) is 0 Å². The topological polar surface area (TPSA) is 4.93 Å². The van der Waals surface area contributed by atoms with Gasteiger partial charge in [-0.3, -0.25) is 0 Å². The number of nitrogens with zero attached hydrogens (tertiary/aromatic N) is 1. The van der Waals surface area contributed by atoms with Crippen LogP contribution in [-0.4, -0.2) is 4.57 Å². The van der Waals surface area contributed by atoms with Gasteiger partial charge in [0.25, 0.3) is 0 Å². The number of hydrogen-bond acceptors (Lipinski definition) is 0. The average molecular weight is 575 g/mol. The van der Waals surface area contributed by atoms with Gasteiger partial charge in [0.1, 0.15) is 0 Å². The predicted octanol–water partition coefficient (Wildman–Crippen LogP) is 11.2. The first-order valence-electron chi connectivity index (χ1n) is 13.5. The lowest BCUT2D eigenvalue weighted by atomic mass is 9.95. The fourth-order valence-electron chi connectivity index (χ4n) is 6.18. The highest BCUT2D eigenvalue weighted by Crippen LogP contribution is 2.39. The van der Waals surface area contributed by atoms with E-state index in [2.05, 4.69) is 166 Å². The van der Waals surface area contributed by atoms with E-state index in [1.807, 2.05) is 0 Å². The average Bonchev–Trinajstić information content (AvgIpc) is 3.34. The van der Waals surface area contributed by atoms with E-state index in [1.54, 1.807) is 0 Å². The van der Waals surface area contributed by atoms with Crippen molar-refractivity contribution in [2.75, 3.05) is 0 Å². The highest BCUT2D eigenvalue weighted by atomic mass is 79.9. The molecule has 0 atom stereocenters. The fourth-order valence-corrected chi connectivity index (χ4v) is 6.45. The second-order valence-corrected chi connectivity index (χ2v) is 11.2. The van der Waals surface area contributed by atoms with Crippen LogP contribution < -0.4 is 0 Å². The quantitative estimate of drug-likeness (QED) is 0.198. The van der Waals surface area contributed by atoms with Gasteiger partial charge in [-0.2, -0.15) is 0 Å². The Morgan fingerprint density at radius 3 is 1.40 bits per heavy atom. The Balaban J connectivity index is 1.43. The summed E-state index contributed by atoms with van der Waals surface area (Å²) < 4.78 is 3.46. The lowest BCUT2D eigenvalue weighted by Gasteiger charge is -2.10. The molecule has 0 saturated carbocycles. The first kappa shape index (κ1) is 23.2. The molecule has 0 radical (unpaired) electrons. The van der Waals surface area contributed by atoms with Crippen molar-refractivity contribution < 1.29 is 0 Å². The molecular weight excluding hydrogens is 550 g/mol. The molecule has 7 aromatic carbocycles. The summed E-state index contributed by atoms with van der Waals surface area (Å²) in [6.45, 7) is 0. The number of halogens is 1. The van der Waals surface area contributed by atoms with Crippen molar-refractivity contribution in [3.63, 3.8) is 0 Å². The molecule has 8 aromatic rings. The molecule has 0 aliphatic carbocycles. The number of hydrogen-bond donors (Lipinski definition) is 0. The summed E-state index contributed by atoms with van der Waals surface area (Å²) in [4.78, 5) is 0. The van der Waals surface area contributed by atoms with E-state index in [9.17, 15) is 0 Å². The molecule has 2 heteroatoms. The standard InChI is InChI=1S/C38H24BrN/c39-29-17-19-30(20-18-29)40-37-21-15-27(33-13-5-9-25-7-1-3-11-31(25)33)23-35(37)36-24-28(16-22-38(36)40)34-14-6-10-26-8-2-4-12-32(26)34/h1-24H. The maximum absolute atomic E-state index is 3.61. The van der Waals surface area contributed by atoms with Crippen LogP contribution in [0, 0.1) is 0 Å². The number of fused-ring (bicyclic) bond motifs is 5. The molecule has 0 spiro atoms. The second-order valence-electron chi connectivity index (χ2n) is 10.3. The Bertz CT molecular complexity index is 2070. The maximum Gasteiger partial charge on any atom is 0.0541 e. The van der Waals surface area contributed by atoms with Crippen LogP contribution in [0.3, 0.4) is 0 Å². The third-order valence-electron chi connectivity index (χ3n) is 8.05. The van der Waals surface area contributed by atoms with E-state index >= 15 is 0 Å². The summed E-state index contributed by atoms with van der Waals surface area (Å²) in [7, 11) is 0. The minimum Gasteiger partial charge on any atom is -0.309 e. The summed E-state index contributed by atoms with van der Waals surface area (Å²) in [6.07, 6.45) is 0. The molecule has 1 nitrogen and oxygen atoms in total. The van der Waals surface area contributed by atoms with Crippen molar-refractivity contribution in [3.05, 3.63) is 150 Å². The normalized spacial score (nSPS) is 11.6. The molecule has 40 heavy (non-hydrogen) atoms. The molecule has 1 aromatic heterocycles. The van der Waals surface area contributed by atoms with Gasteiger partial charge >= 0.3 is 0 Å². The lowest BCUT2D eigenvalue weighted by Crippen LogP contribution is -1.93. The Hall–Kier alpha value is -4.66. The van der Waals surface area contributed by atoms with E-state index in [1.165, 1.54) is 65.6 Å². The molecule has 0 fully saturated rings. The minimum atomic E-state index is 1.08. The van der Waals surface area contributed by atoms with E-state index in [4.69, 9.17) is 0 Å². The van der Waals surface area contributed by atoms with E-state index < -0.39 is 0 Å². The van der Waals surface area contributed by atoms with Crippen molar-refractivity contribution in [1.82, 2.24) is 4.57 Å². The second kappa shape index (κ2) is 9.22. The van der Waals surface area contributed by atoms with Gasteiger partial charge < -0.3 is 4.57 Å². The van der Waals surface area contributed by atoms with Gasteiger partial charge in [-0.05, 0) is 92.3 Å². The molecule has 0 aliphatic rings. The summed E-state index contributed by atoms with van der Waals surface area (Å²) in [6, 6.07) is 52.9. The van der Waals surface area contributed by atoms with Crippen molar-refractivity contribution >= 4 is 59.3 Å². The molecule has 0 unspecified atom stereocenters. The Morgan fingerprint density at radius 2 is 0.875 bits per heavy atom. The largest absolute Gasteiger partial charge is 0.309 e. The molecule has 1 heterocycles. The van der Waals surface area contributed by atoms with Crippen molar-refractivity contribution in [2.45, 2.75) is 0 Å². The fraction of sp³-hybridized carbons (Fsp3) is 0. The Morgan fingerprint density at radius 1 is 0.400 bits per heavy atom. The Kier molecular flexibility index (Phi) is 5.36. The van der Waals surface area contributed by atoms with Gasteiger partial charge in [0.2, 0.25) is 0 Å². The molecule has 8 rings (SSSR count). The first-order valence-corrected chi connectivity index (χ1v) is 14.3. The number of aromatic nitrogens is 1. The summed E-state index contributed by atoms with van der Waals surface area (Å²) >= 11 is 3.61. The predicted molar refractivity (Wildman–Crippen MR) is 174 cm³/mol. The third kappa shape index (κ3) is 3.68. The lowest BCUT2D eigenvalue weighted by molar-refractivity contribution is 1.18. The molecule has 0 amide bonds. The Labute approximate surface area is 241 Å². The summed E-state index contributed by atoms with van der Waals surface area (Å²) in [5.41, 5.74) is 8.54. The van der Waals surface area contributed by atoms with Crippen LogP contribution in [0.15, 0.2) is 150 Å². The van der Waals surface area contributed by atoms with Gasteiger partial charge in [0.05, 0.1) is 11.0 Å². The zero-order valence-electron chi connectivity index (χ0n) is 21.7. The van der Waals surface area contributed by atoms with Crippen LogP contribution in [-0.2, 0) is 0 Å². The van der Waals surface area contributed by atoms with Crippen LogP contribution >= 0.6 is 15.9 Å². The molecular formula is C38H24BrN. The van der Waals surface area contributed by atoms with E-state index in [0.717, 1.165) is 10.2 Å². The molecule has 0 N–H and O–H groups in total. The third-order valence-corrected chi connectivity index (χ3v) is 8.58. The van der Waals surface area contributed by atoms with Gasteiger partial charge in [0, 0.05) is 20.9 Å². The van der Waals surface area contributed by atoms with Crippen LogP contribution in [0.1, 0.15) is 0 Å². The molecule has 0 saturated heterocycles. The van der Waals surface area contributed by atoms with Crippen molar-refractivity contribution in [3.8, 4) is 27.9 Å². The highest BCUT2D eigenvalue weighted by molar-refractivity contribution is 9.10. The highest BCUT2D eigenvalue weighted by Gasteiger charge is 2.16. The van der Waals surface area contributed by atoms with Crippen molar-refractivity contribution in [1.29, 1.82) is 0 Å². The molecule has 188 valence electrons. The monoisotopic (exact) mass is 573 g/mol. The SMILES string of the molecule is Brc1ccc(-n2c3ccc(-c4cccc5ccccc45)cc3c3cc(-c4cccc5ccccc45)ccc32)cc1. The minimum absolute atomic E-state index is 1.08. The van der Waals surface area contributed by atoms with Crippen molar-refractivity contribution in [2.24, 2.45) is 0 Å². The van der Waals surface area contributed by atoms with E-state index in [-0.39, 0.29) is 0 Å². The first-order chi connectivity index (χ1) is 19.7. The number of benzene rings is 7. The maximum atomic E-state index is 3.61. The van der Waals surface area contributed by atoms with Crippen LogP contribution in [0.25, 0.3) is 71.3 Å². The zero-order chi connectivity index (χ0) is 26.6. The van der Waals surface area contributed by atoms with Gasteiger partial charge in [-0.15, -0.1) is 0 Å². The smallest absolute Gasteiger partial charge is 0.0541 e. The summed E-state index contributed by atoms with van der Waals surface area (Å²) in [5.74, 6) is 0. The van der Waals surface area contributed by atoms with Crippen LogP contribution in [0.2, 0.25) is 0 Å². The van der Waals surface area contributed by atoms with Gasteiger partial charge in [-0.1, -0.05) is 113 Å². The molecule has 0 aliphatic heterocycles. The van der Waals surface area contributed by atoms with Crippen LogP contribution in [0.5, 0.6) is 0 Å². The number of rotatable bonds is 3. The van der Waals surface area contributed by atoms with Crippen LogP contribution in [0.4, 0.5) is 0 Å². The zero-order valence-corrected chi connectivity index (χ0v) is 23.3. The van der Waals surface area contributed by atoms with E-state index in [0.29, 0.717) is 0 Å². The summed E-state index contributed by atoms with van der Waals surface area (Å²) in [5, 5.41) is 7.58.